The summed E-state index contributed by atoms with van der Waals surface area (Å²) < 4.78 is 46.5. The molecule has 2 aliphatic carbocycles. The first-order valence-electron chi connectivity index (χ1n) is 13.9. The molecule has 3 aliphatic rings. The molecule has 224 valence electrons. The highest BCUT2D eigenvalue weighted by molar-refractivity contribution is 6.05. The number of rotatable bonds is 7. The number of carbonyl (C=O) groups is 1. The third kappa shape index (κ3) is 4.96. The number of alkyl halides is 3. The van der Waals surface area contributed by atoms with Crippen LogP contribution in [0.25, 0.3) is 11.4 Å². The van der Waals surface area contributed by atoms with Crippen molar-refractivity contribution in [2.45, 2.75) is 56.8 Å². The van der Waals surface area contributed by atoms with E-state index >= 15 is 0 Å². The predicted octanol–water partition coefficient (Wildman–Crippen LogP) is 4.92. The number of benzene rings is 1. The molecule has 1 aromatic carbocycles. The number of hydrogen-bond acceptors (Lipinski definition) is 7. The molecule has 2 saturated carbocycles. The molecule has 10 nitrogen and oxygen atoms in total. The number of hydrogen-bond donors (Lipinski definition) is 0. The van der Waals surface area contributed by atoms with Gasteiger partial charge in [0.1, 0.15) is 23.3 Å². The molecule has 13 heteroatoms. The summed E-state index contributed by atoms with van der Waals surface area (Å²) in [5, 5.41) is 0. The van der Waals surface area contributed by atoms with E-state index in [0.717, 1.165) is 30.3 Å². The van der Waals surface area contributed by atoms with Crippen molar-refractivity contribution in [2.24, 2.45) is 17.0 Å². The van der Waals surface area contributed by atoms with E-state index < -0.39 is 17.4 Å². The SMILES string of the molecule is C=NC(=NC1=C(C)N(C)C(=O)C2(CC2)N1Cc1ccc(-c2nc(C(F)(F)F)cn2C)cc1)c1c(OC)ncnc1C1CC1. The number of aromatic nitrogens is 4. The van der Waals surface area contributed by atoms with E-state index in [0.29, 0.717) is 53.7 Å². The summed E-state index contributed by atoms with van der Waals surface area (Å²) in [7, 11) is 4.80. The van der Waals surface area contributed by atoms with Crippen LogP contribution in [-0.4, -0.2) is 67.5 Å². The van der Waals surface area contributed by atoms with Crippen molar-refractivity contribution in [1.82, 2.24) is 29.3 Å². The second kappa shape index (κ2) is 10.3. The number of imidazole rings is 1. The van der Waals surface area contributed by atoms with Gasteiger partial charge in [-0.15, -0.1) is 0 Å². The highest BCUT2D eigenvalue weighted by atomic mass is 19.4. The van der Waals surface area contributed by atoms with E-state index in [-0.39, 0.29) is 17.6 Å². The molecule has 0 N–H and O–H groups in total. The number of allylic oxidation sites excluding steroid dienone is 1. The first-order chi connectivity index (χ1) is 20.5. The molecule has 43 heavy (non-hydrogen) atoms. The fraction of sp³-hybridized carbons (Fsp3) is 0.400. The minimum Gasteiger partial charge on any atom is -0.480 e. The van der Waals surface area contributed by atoms with E-state index in [1.165, 1.54) is 25.1 Å². The summed E-state index contributed by atoms with van der Waals surface area (Å²) in [6.07, 6.45) is 1.23. The number of nitrogens with zero attached hydrogens (tertiary/aromatic N) is 8. The number of amides is 1. The van der Waals surface area contributed by atoms with Crippen molar-refractivity contribution in [3.8, 4) is 17.3 Å². The normalized spacial score (nSPS) is 18.5. The average molecular weight is 593 g/mol. The van der Waals surface area contributed by atoms with E-state index in [4.69, 9.17) is 9.73 Å². The molecular weight excluding hydrogens is 561 g/mol. The third-order valence-corrected chi connectivity index (χ3v) is 8.33. The Kier molecular flexibility index (Phi) is 6.85. The van der Waals surface area contributed by atoms with Gasteiger partial charge in [0.15, 0.2) is 17.4 Å². The van der Waals surface area contributed by atoms with Gasteiger partial charge in [0.25, 0.3) is 5.91 Å². The zero-order valence-electron chi connectivity index (χ0n) is 24.3. The van der Waals surface area contributed by atoms with Gasteiger partial charge >= 0.3 is 6.18 Å². The zero-order valence-corrected chi connectivity index (χ0v) is 24.3. The second-order valence-electron chi connectivity index (χ2n) is 11.2. The second-order valence-corrected chi connectivity index (χ2v) is 11.2. The van der Waals surface area contributed by atoms with Crippen LogP contribution in [0.15, 0.2) is 58.3 Å². The highest BCUT2D eigenvalue weighted by Crippen LogP contribution is 2.50. The van der Waals surface area contributed by atoms with Crippen LogP contribution < -0.4 is 4.74 Å². The standard InChI is InChI=1S/C30H31F3N8O2/c1-17-25(38-24(34-2)22-23(19-10-11-19)35-16-36-27(22)43-5)41(29(12-13-29)28(42)40(17)4)14-18-6-8-20(9-7-18)26-37-21(15-39(26)3)30(31,32)33/h6-9,15-16,19H,2,10-14H2,1,3-5H3. The smallest absolute Gasteiger partial charge is 0.434 e. The largest absolute Gasteiger partial charge is 0.480 e. The lowest BCUT2D eigenvalue weighted by Crippen LogP contribution is -2.53. The van der Waals surface area contributed by atoms with E-state index in [1.54, 1.807) is 24.1 Å². The number of carbonyl (C=O) groups excluding carboxylic acids is 1. The summed E-state index contributed by atoms with van der Waals surface area (Å²) in [5.41, 5.74) is 1.75. The van der Waals surface area contributed by atoms with Crippen molar-refractivity contribution in [2.75, 3.05) is 14.2 Å². The Morgan fingerprint density at radius 3 is 2.42 bits per heavy atom. The molecule has 0 saturated heterocycles. The maximum Gasteiger partial charge on any atom is 0.434 e. The lowest BCUT2D eigenvalue weighted by atomic mass is 10.0. The number of methoxy groups -OCH3 is 1. The Balaban J connectivity index is 1.38. The molecule has 0 radical (unpaired) electrons. The molecule has 2 aromatic heterocycles. The Morgan fingerprint density at radius 2 is 1.86 bits per heavy atom. The van der Waals surface area contributed by atoms with Crippen molar-refractivity contribution >= 4 is 18.5 Å². The van der Waals surface area contributed by atoms with Gasteiger partial charge in [-0.25, -0.2) is 24.9 Å². The maximum absolute atomic E-state index is 13.5. The average Bonchev–Trinajstić information content (AvgIpc) is 3.93. The Labute approximate surface area is 246 Å². The molecule has 1 aliphatic heterocycles. The Bertz CT molecular complexity index is 1670. The van der Waals surface area contributed by atoms with Crippen LogP contribution in [-0.2, 0) is 24.6 Å². The lowest BCUT2D eigenvalue weighted by Gasteiger charge is -2.42. The maximum atomic E-state index is 13.5. The molecule has 1 spiro atoms. The quantitative estimate of drug-likeness (QED) is 0.285. The summed E-state index contributed by atoms with van der Waals surface area (Å²) in [6, 6.07) is 7.14. The van der Waals surface area contributed by atoms with Crippen molar-refractivity contribution in [3.63, 3.8) is 0 Å². The topological polar surface area (TPSA) is 101 Å². The van der Waals surface area contributed by atoms with Crippen molar-refractivity contribution in [1.29, 1.82) is 0 Å². The monoisotopic (exact) mass is 592 g/mol. The summed E-state index contributed by atoms with van der Waals surface area (Å²) in [5.74, 6) is 1.69. The van der Waals surface area contributed by atoms with Gasteiger partial charge in [0.2, 0.25) is 5.88 Å². The molecule has 6 rings (SSSR count). The van der Waals surface area contributed by atoms with Gasteiger partial charge < -0.3 is 19.1 Å². The third-order valence-electron chi connectivity index (χ3n) is 8.33. The Hall–Kier alpha value is -4.55. The number of halogens is 3. The van der Waals surface area contributed by atoms with Crippen molar-refractivity contribution in [3.05, 3.63) is 70.8 Å². The van der Waals surface area contributed by atoms with Gasteiger partial charge in [-0.3, -0.25) is 4.79 Å². The van der Waals surface area contributed by atoms with Gasteiger partial charge in [0, 0.05) is 38.3 Å². The van der Waals surface area contributed by atoms with Crippen LogP contribution in [0.5, 0.6) is 5.88 Å². The fourth-order valence-electron chi connectivity index (χ4n) is 5.59. The van der Waals surface area contributed by atoms with Crippen LogP contribution in [0.2, 0.25) is 0 Å². The zero-order chi connectivity index (χ0) is 30.7. The number of likely N-dealkylation sites (N-methyl/N-ethyl adjacent to an activating group) is 1. The summed E-state index contributed by atoms with van der Waals surface area (Å²) >= 11 is 0. The molecule has 3 heterocycles. The van der Waals surface area contributed by atoms with Crippen molar-refractivity contribution < 1.29 is 22.7 Å². The van der Waals surface area contributed by atoms with E-state index in [1.807, 2.05) is 24.0 Å². The molecule has 0 atom stereocenters. The van der Waals surface area contributed by atoms with Gasteiger partial charge in [0.05, 0.1) is 18.5 Å². The predicted molar refractivity (Wildman–Crippen MR) is 153 cm³/mol. The summed E-state index contributed by atoms with van der Waals surface area (Å²) in [4.78, 5) is 39.0. The molecule has 2 fully saturated rings. The highest BCUT2D eigenvalue weighted by Gasteiger charge is 2.59. The first-order valence-corrected chi connectivity index (χ1v) is 13.9. The van der Waals surface area contributed by atoms with Crippen LogP contribution in [0, 0.1) is 0 Å². The molecule has 3 aromatic rings. The van der Waals surface area contributed by atoms with Gasteiger partial charge in [-0.2, -0.15) is 13.2 Å². The molecular formula is C30H31F3N8O2. The number of ether oxygens (including phenoxy) is 1. The van der Waals surface area contributed by atoms with Gasteiger partial charge in [-0.1, -0.05) is 24.3 Å². The fourth-order valence-corrected chi connectivity index (χ4v) is 5.59. The number of aryl methyl sites for hydroxylation is 1. The Morgan fingerprint density at radius 1 is 1.16 bits per heavy atom. The minimum atomic E-state index is -4.53. The van der Waals surface area contributed by atoms with E-state index in [2.05, 4.69) is 26.7 Å². The van der Waals surface area contributed by atoms with E-state index in [9.17, 15) is 18.0 Å². The lowest BCUT2D eigenvalue weighted by molar-refractivity contribution is -0.141. The molecule has 1 amide bonds. The molecule has 0 bridgehead atoms. The van der Waals surface area contributed by atoms with Crippen LogP contribution in [0.1, 0.15) is 61.0 Å². The van der Waals surface area contributed by atoms with Crippen LogP contribution in [0.4, 0.5) is 13.2 Å². The first kappa shape index (κ1) is 28.6. The molecule has 0 unspecified atom stereocenters. The number of amidine groups is 1. The minimum absolute atomic E-state index is 0.0133. The van der Waals surface area contributed by atoms with Crippen LogP contribution in [0.3, 0.4) is 0 Å². The summed E-state index contributed by atoms with van der Waals surface area (Å²) in [6.45, 7) is 5.97. The van der Waals surface area contributed by atoms with Gasteiger partial charge in [-0.05, 0) is 44.9 Å². The number of aliphatic imine (C=N–C) groups is 2. The van der Waals surface area contributed by atoms with Crippen LogP contribution >= 0.6 is 0 Å².